The maximum atomic E-state index is 13.3. The lowest BCUT2D eigenvalue weighted by Gasteiger charge is -2.26. The van der Waals surface area contributed by atoms with E-state index < -0.39 is 56.0 Å². The molecule has 230 valence electrons. The molecule has 1 saturated heterocycles. The molecule has 14 nitrogen and oxygen atoms in total. The van der Waals surface area contributed by atoms with Crippen molar-refractivity contribution in [3.05, 3.63) is 12.2 Å². The minimum atomic E-state index is -3.81. The van der Waals surface area contributed by atoms with Gasteiger partial charge >= 0.3 is 5.97 Å². The van der Waals surface area contributed by atoms with E-state index in [9.17, 15) is 36.0 Å². The Morgan fingerprint density at radius 1 is 1.05 bits per heavy atom. The normalized spacial score (nSPS) is 18.2. The van der Waals surface area contributed by atoms with Crippen molar-refractivity contribution >= 4 is 43.7 Å². The van der Waals surface area contributed by atoms with E-state index in [-0.39, 0.29) is 56.6 Å². The maximum Gasteiger partial charge on any atom is 0.330 e. The van der Waals surface area contributed by atoms with Crippen LogP contribution >= 0.6 is 0 Å². The fourth-order valence-corrected chi connectivity index (χ4v) is 5.33. The summed E-state index contributed by atoms with van der Waals surface area (Å²) in [5.74, 6) is -2.50. The molecule has 0 unspecified atom stereocenters. The van der Waals surface area contributed by atoms with E-state index in [0.717, 1.165) is 12.5 Å². The van der Waals surface area contributed by atoms with Crippen LogP contribution in [0.1, 0.15) is 52.9 Å². The Morgan fingerprint density at radius 2 is 1.70 bits per heavy atom. The fraction of sp³-hybridized carbons (Fsp3) is 0.750. The molecular formula is C24H43N5O9S2. The Morgan fingerprint density at radius 3 is 2.23 bits per heavy atom. The Labute approximate surface area is 236 Å². The molecule has 0 aromatic heterocycles. The number of carbonyl (C=O) groups excluding carboxylic acids is 4. The summed E-state index contributed by atoms with van der Waals surface area (Å²) in [6.07, 6.45) is 5.62. The molecule has 0 spiro atoms. The van der Waals surface area contributed by atoms with E-state index in [2.05, 4.69) is 25.4 Å². The molecule has 1 fully saturated rings. The van der Waals surface area contributed by atoms with Crippen LogP contribution in [-0.2, 0) is 44.0 Å². The summed E-state index contributed by atoms with van der Waals surface area (Å²) in [6.45, 7) is 6.01. The molecule has 16 heteroatoms. The average molecular weight is 610 g/mol. The Hall–Kier alpha value is -2.56. The predicted octanol–water partition coefficient (Wildman–Crippen LogP) is -1.11. The first-order valence-electron chi connectivity index (χ1n) is 13.2. The minimum Gasteiger partial charge on any atom is -0.463 e. The lowest BCUT2D eigenvalue weighted by atomic mass is 9.97. The summed E-state index contributed by atoms with van der Waals surface area (Å²) in [5.41, 5.74) is 0. The number of ether oxygens (including phenoxy) is 1. The van der Waals surface area contributed by atoms with Crippen LogP contribution in [0.4, 0.5) is 0 Å². The van der Waals surface area contributed by atoms with Gasteiger partial charge in [0, 0.05) is 31.1 Å². The van der Waals surface area contributed by atoms with Gasteiger partial charge in [0.2, 0.25) is 37.8 Å². The third kappa shape index (κ3) is 15.3. The predicted molar refractivity (Wildman–Crippen MR) is 149 cm³/mol. The van der Waals surface area contributed by atoms with Gasteiger partial charge in [-0.2, -0.15) is 0 Å². The van der Waals surface area contributed by atoms with Gasteiger partial charge in [-0.15, -0.1) is 0 Å². The van der Waals surface area contributed by atoms with Crippen LogP contribution in [0.25, 0.3) is 0 Å². The Balaban J connectivity index is 3.06. The van der Waals surface area contributed by atoms with Crippen molar-refractivity contribution in [2.45, 2.75) is 71.0 Å². The molecular weight excluding hydrogens is 566 g/mol. The Kier molecular flexibility index (Phi) is 14.8. The van der Waals surface area contributed by atoms with Crippen molar-refractivity contribution in [1.82, 2.24) is 25.4 Å². The quantitative estimate of drug-likeness (QED) is 0.0725. The first-order valence-corrected chi connectivity index (χ1v) is 16.9. The van der Waals surface area contributed by atoms with E-state index in [1.807, 2.05) is 13.8 Å². The van der Waals surface area contributed by atoms with Crippen molar-refractivity contribution in [1.29, 1.82) is 0 Å². The van der Waals surface area contributed by atoms with E-state index in [1.165, 1.54) is 12.2 Å². The van der Waals surface area contributed by atoms with Crippen molar-refractivity contribution in [2.75, 3.05) is 32.2 Å². The van der Waals surface area contributed by atoms with Crippen molar-refractivity contribution in [3.8, 4) is 0 Å². The number of hydrogen-bond acceptors (Lipinski definition) is 9. The maximum absolute atomic E-state index is 13.3. The number of amides is 3. The second kappa shape index (κ2) is 16.6. The third-order valence-electron chi connectivity index (χ3n) is 5.83. The second-order valence-electron chi connectivity index (χ2n) is 10.2. The van der Waals surface area contributed by atoms with Crippen molar-refractivity contribution in [3.63, 3.8) is 0 Å². The van der Waals surface area contributed by atoms with Crippen LogP contribution in [0.3, 0.4) is 0 Å². The van der Waals surface area contributed by atoms with Gasteiger partial charge < -0.3 is 20.7 Å². The van der Waals surface area contributed by atoms with E-state index in [1.54, 1.807) is 6.92 Å². The summed E-state index contributed by atoms with van der Waals surface area (Å²) < 4.78 is 55.8. The molecule has 1 rings (SSSR count). The minimum absolute atomic E-state index is 0.00676. The SMILES string of the molecule is CCOC(=O)/C=C/[C@H](C[C@@H]1CCNC1=O)NC(=O)[C@H](CC(C)C)NC(=O)[C@H](CCCNS(C)(=O)=O)NS(C)(=O)=O. The van der Waals surface area contributed by atoms with Crippen molar-refractivity contribution in [2.24, 2.45) is 11.8 Å². The van der Waals surface area contributed by atoms with Crippen LogP contribution < -0.4 is 25.4 Å². The Bertz CT molecular complexity index is 1120. The molecule has 1 aliphatic heterocycles. The highest BCUT2D eigenvalue weighted by molar-refractivity contribution is 7.89. The summed E-state index contributed by atoms with van der Waals surface area (Å²) >= 11 is 0. The molecule has 4 atom stereocenters. The van der Waals surface area contributed by atoms with Crippen molar-refractivity contribution < 1.29 is 40.8 Å². The lowest BCUT2D eigenvalue weighted by molar-refractivity contribution is -0.137. The van der Waals surface area contributed by atoms with E-state index in [0.29, 0.717) is 13.0 Å². The third-order valence-corrected chi connectivity index (χ3v) is 7.27. The average Bonchev–Trinajstić information content (AvgIpc) is 3.21. The molecule has 1 heterocycles. The number of nitrogens with one attached hydrogen (secondary N) is 5. The molecule has 40 heavy (non-hydrogen) atoms. The zero-order valence-electron chi connectivity index (χ0n) is 23.7. The highest BCUT2D eigenvalue weighted by atomic mass is 32.2. The van der Waals surface area contributed by atoms with Gasteiger partial charge in [-0.25, -0.2) is 31.1 Å². The molecule has 5 N–H and O–H groups in total. The first kappa shape index (κ1) is 35.5. The topological polar surface area (TPSA) is 206 Å². The van der Waals surface area contributed by atoms with Gasteiger partial charge in [0.25, 0.3) is 0 Å². The summed E-state index contributed by atoms with van der Waals surface area (Å²) in [7, 11) is -7.27. The van der Waals surface area contributed by atoms with Crippen LogP contribution in [0.15, 0.2) is 12.2 Å². The molecule has 3 amide bonds. The first-order chi connectivity index (χ1) is 18.5. The fourth-order valence-electron chi connectivity index (χ4n) is 4.07. The zero-order chi connectivity index (χ0) is 30.5. The molecule has 0 aromatic rings. The summed E-state index contributed by atoms with van der Waals surface area (Å²) in [4.78, 5) is 50.4. The monoisotopic (exact) mass is 609 g/mol. The number of rotatable bonds is 18. The smallest absolute Gasteiger partial charge is 0.330 e. The number of sulfonamides is 2. The van der Waals surface area contributed by atoms with Gasteiger partial charge in [0.15, 0.2) is 0 Å². The zero-order valence-corrected chi connectivity index (χ0v) is 25.3. The van der Waals surface area contributed by atoms with Crippen LogP contribution in [0, 0.1) is 11.8 Å². The number of esters is 1. The summed E-state index contributed by atoms with van der Waals surface area (Å²) in [5, 5.41) is 8.12. The molecule has 0 radical (unpaired) electrons. The summed E-state index contributed by atoms with van der Waals surface area (Å²) in [6, 6.07) is -3.02. The van der Waals surface area contributed by atoms with Gasteiger partial charge in [-0.1, -0.05) is 19.9 Å². The lowest BCUT2D eigenvalue weighted by Crippen LogP contribution is -2.55. The largest absolute Gasteiger partial charge is 0.463 e. The second-order valence-corrected chi connectivity index (χ2v) is 13.8. The molecule has 1 aliphatic rings. The highest BCUT2D eigenvalue weighted by Crippen LogP contribution is 2.17. The standard InChI is InChI=1S/C24H43N5O9S2/c1-6-38-21(30)10-9-18(15-17-11-13-25-22(17)31)27-24(33)20(14-16(2)3)28-23(32)19(29-40(5,36)37)8-7-12-26-39(4,34)35/h9-10,16-20,26,29H,6-8,11-15H2,1-5H3,(H,25,31)(H,27,33)(H,28,32)/b10-9+/t17-,18+,19-,20-/m0/s1. The number of carbonyl (C=O) groups is 4. The van der Waals surface area contributed by atoms with E-state index >= 15 is 0 Å². The molecule has 0 bridgehead atoms. The van der Waals surface area contributed by atoms with E-state index in [4.69, 9.17) is 4.74 Å². The van der Waals surface area contributed by atoms with Crippen LogP contribution in [0.5, 0.6) is 0 Å². The highest BCUT2D eigenvalue weighted by Gasteiger charge is 2.31. The van der Waals surface area contributed by atoms with Crippen LogP contribution in [0.2, 0.25) is 0 Å². The molecule has 0 aromatic carbocycles. The van der Waals surface area contributed by atoms with Gasteiger partial charge in [-0.05, 0) is 44.9 Å². The molecule has 0 saturated carbocycles. The van der Waals surface area contributed by atoms with Gasteiger partial charge in [0.1, 0.15) is 12.1 Å². The van der Waals surface area contributed by atoms with Crippen LogP contribution in [-0.4, -0.2) is 90.9 Å². The van der Waals surface area contributed by atoms with Gasteiger partial charge in [-0.3, -0.25) is 14.4 Å². The number of hydrogen-bond donors (Lipinski definition) is 5. The molecule has 0 aliphatic carbocycles. The van der Waals surface area contributed by atoms with Gasteiger partial charge in [0.05, 0.1) is 19.1 Å².